The Morgan fingerprint density at radius 3 is 0.982 bits per heavy atom. The number of benzene rings is 3. The van der Waals surface area contributed by atoms with Crippen LogP contribution in [0.2, 0.25) is 0 Å². The Labute approximate surface area is 328 Å². The van der Waals surface area contributed by atoms with Gasteiger partial charge in [-0.15, -0.1) is 0 Å². The Morgan fingerprint density at radius 2 is 0.750 bits per heavy atom. The Bertz CT molecular complexity index is 1720. The lowest BCUT2D eigenvalue weighted by Crippen LogP contribution is -2.11. The molecule has 0 saturated carbocycles. The summed E-state index contributed by atoms with van der Waals surface area (Å²) < 4.78 is 64.8. The van der Waals surface area contributed by atoms with Gasteiger partial charge in [-0.05, 0) is 90.6 Å². The standard InChI is InChI=1S/C42H51O13P/c1-28(2)40(43)50-19-16-31-22-37(47-7)13-10-34(31)25-53-56(46,54-26-35-11-14-38(48-8)23-32(35)17-20-51-41(44)29(3)4)55-27-36-12-15-39(49-9)24-33(36)18-21-52-42(45)30(5)6/h10-15,22-24H,1,3,5,16-21,25-27H2,2,4,6-9H3. The Balaban J connectivity index is 1.92. The SMILES string of the molecule is C=C(C)C(=O)OCCc1cc(OC)ccc1COP(=O)(OCc1ccc(OC)cc1CCOC(=O)C(=C)C)OCc1ccc(OC)cc1CCOC(=O)C(=C)C. The van der Waals surface area contributed by atoms with Crippen LogP contribution >= 0.6 is 7.82 Å². The number of esters is 3. The van der Waals surface area contributed by atoms with E-state index in [-0.39, 0.29) is 56.4 Å². The maximum atomic E-state index is 14.6. The van der Waals surface area contributed by atoms with Crippen molar-refractivity contribution in [3.8, 4) is 17.2 Å². The number of ether oxygens (including phenoxy) is 6. The number of phosphoric acid groups is 1. The molecule has 0 aliphatic carbocycles. The first-order valence-corrected chi connectivity index (χ1v) is 19.1. The predicted octanol–water partition coefficient (Wildman–Crippen LogP) is 7.76. The van der Waals surface area contributed by atoms with Crippen molar-refractivity contribution in [2.75, 3.05) is 41.2 Å². The molecule has 0 radical (unpaired) electrons. The van der Waals surface area contributed by atoms with E-state index in [4.69, 9.17) is 42.0 Å². The smallest absolute Gasteiger partial charge is 0.475 e. The molecule has 0 saturated heterocycles. The van der Waals surface area contributed by atoms with Gasteiger partial charge < -0.3 is 28.4 Å². The van der Waals surface area contributed by atoms with Crippen LogP contribution in [0.5, 0.6) is 17.2 Å². The average Bonchev–Trinajstić information content (AvgIpc) is 3.18. The summed E-state index contributed by atoms with van der Waals surface area (Å²) >= 11 is 0. The normalized spacial score (nSPS) is 11.0. The zero-order valence-electron chi connectivity index (χ0n) is 32.9. The zero-order chi connectivity index (χ0) is 41.3. The second kappa shape index (κ2) is 22.4. The molecule has 0 amide bonds. The Kier molecular flexibility index (Phi) is 18.1. The van der Waals surface area contributed by atoms with Gasteiger partial charge in [0.15, 0.2) is 0 Å². The lowest BCUT2D eigenvalue weighted by molar-refractivity contribution is -0.139. The molecular formula is C42H51O13P. The summed E-state index contributed by atoms with van der Waals surface area (Å²) in [5.41, 5.74) is 4.84. The molecule has 302 valence electrons. The minimum atomic E-state index is -4.38. The molecule has 0 aliphatic heterocycles. The Hall–Kier alpha value is -5.20. The van der Waals surface area contributed by atoms with Gasteiger partial charge in [0, 0.05) is 36.0 Å². The predicted molar refractivity (Wildman–Crippen MR) is 209 cm³/mol. The van der Waals surface area contributed by atoms with Crippen molar-refractivity contribution in [3.05, 3.63) is 124 Å². The second-order valence-corrected chi connectivity index (χ2v) is 14.3. The molecule has 3 rings (SSSR count). The third kappa shape index (κ3) is 14.5. The first-order chi connectivity index (χ1) is 26.7. The Morgan fingerprint density at radius 1 is 0.482 bits per heavy atom. The second-order valence-electron chi connectivity index (χ2n) is 12.7. The van der Waals surface area contributed by atoms with E-state index >= 15 is 0 Å². The van der Waals surface area contributed by atoms with Gasteiger partial charge in [-0.25, -0.2) is 18.9 Å². The lowest BCUT2D eigenvalue weighted by Gasteiger charge is -2.21. The van der Waals surface area contributed by atoms with Crippen LogP contribution in [0, 0.1) is 0 Å². The monoisotopic (exact) mass is 794 g/mol. The molecule has 0 aromatic heterocycles. The number of carbonyl (C=O) groups excluding carboxylic acids is 3. The van der Waals surface area contributed by atoms with Crippen molar-refractivity contribution in [2.24, 2.45) is 0 Å². The van der Waals surface area contributed by atoms with Gasteiger partial charge in [-0.2, -0.15) is 0 Å². The van der Waals surface area contributed by atoms with E-state index in [9.17, 15) is 18.9 Å². The summed E-state index contributed by atoms with van der Waals surface area (Å²) in [6, 6.07) is 15.7. The van der Waals surface area contributed by atoms with Gasteiger partial charge in [-0.1, -0.05) is 37.9 Å². The molecule has 0 spiro atoms. The van der Waals surface area contributed by atoms with Crippen LogP contribution < -0.4 is 14.2 Å². The van der Waals surface area contributed by atoms with Crippen LogP contribution in [-0.2, 0) is 85.8 Å². The number of rotatable bonds is 24. The maximum Gasteiger partial charge on any atom is 0.475 e. The molecule has 0 atom stereocenters. The highest BCUT2D eigenvalue weighted by atomic mass is 31.2. The van der Waals surface area contributed by atoms with E-state index in [0.29, 0.717) is 69.9 Å². The van der Waals surface area contributed by atoms with Crippen molar-refractivity contribution in [3.63, 3.8) is 0 Å². The summed E-state index contributed by atoms with van der Waals surface area (Å²) in [7, 11) is 0.209. The summed E-state index contributed by atoms with van der Waals surface area (Å²) in [5.74, 6) is 0.134. The molecule has 0 unspecified atom stereocenters. The fraction of sp³-hybridized carbons (Fsp3) is 0.357. The molecule has 3 aromatic carbocycles. The van der Waals surface area contributed by atoms with E-state index < -0.39 is 25.7 Å². The molecule has 14 heteroatoms. The zero-order valence-corrected chi connectivity index (χ0v) is 33.8. The van der Waals surface area contributed by atoms with Crippen molar-refractivity contribution in [1.29, 1.82) is 0 Å². The first kappa shape index (κ1) is 45.2. The molecule has 56 heavy (non-hydrogen) atoms. The number of phosphoric ester groups is 1. The van der Waals surface area contributed by atoms with Gasteiger partial charge in [0.1, 0.15) is 17.2 Å². The summed E-state index contributed by atoms with van der Waals surface area (Å²) in [6.07, 6.45) is 0.908. The number of hydrogen-bond acceptors (Lipinski definition) is 13. The van der Waals surface area contributed by atoms with Gasteiger partial charge in [0.2, 0.25) is 0 Å². The highest BCUT2D eigenvalue weighted by Gasteiger charge is 2.29. The largest absolute Gasteiger partial charge is 0.497 e. The van der Waals surface area contributed by atoms with Crippen LogP contribution in [0.15, 0.2) is 91.1 Å². The fourth-order valence-electron chi connectivity index (χ4n) is 5.00. The van der Waals surface area contributed by atoms with E-state index in [1.165, 1.54) is 21.3 Å². The number of carbonyl (C=O) groups is 3. The lowest BCUT2D eigenvalue weighted by atomic mass is 10.1. The highest BCUT2D eigenvalue weighted by molar-refractivity contribution is 7.48. The molecule has 13 nitrogen and oxygen atoms in total. The van der Waals surface area contributed by atoms with Gasteiger partial charge in [-0.3, -0.25) is 13.6 Å². The van der Waals surface area contributed by atoms with Crippen molar-refractivity contribution in [2.45, 2.75) is 59.9 Å². The third-order valence-electron chi connectivity index (χ3n) is 8.23. The molecule has 0 bridgehead atoms. The molecular weight excluding hydrogens is 743 g/mol. The van der Waals surface area contributed by atoms with Crippen molar-refractivity contribution in [1.82, 2.24) is 0 Å². The van der Waals surface area contributed by atoms with Gasteiger partial charge in [0.25, 0.3) is 0 Å². The minimum absolute atomic E-state index is 0.0559. The summed E-state index contributed by atoms with van der Waals surface area (Å²) in [6.45, 7) is 15.1. The average molecular weight is 795 g/mol. The maximum absolute atomic E-state index is 14.6. The van der Waals surface area contributed by atoms with E-state index in [1.54, 1.807) is 75.4 Å². The van der Waals surface area contributed by atoms with Gasteiger partial charge in [0.05, 0.1) is 61.0 Å². The quantitative estimate of drug-likeness (QED) is 0.0376. The molecule has 0 heterocycles. The van der Waals surface area contributed by atoms with E-state index in [0.717, 1.165) is 0 Å². The van der Waals surface area contributed by atoms with Crippen LogP contribution in [0.4, 0.5) is 0 Å². The molecule has 0 N–H and O–H groups in total. The van der Waals surface area contributed by atoms with E-state index in [1.807, 2.05) is 0 Å². The topological polar surface area (TPSA) is 151 Å². The molecule has 0 fully saturated rings. The summed E-state index contributed by atoms with van der Waals surface area (Å²) in [5, 5.41) is 0. The third-order valence-corrected chi connectivity index (χ3v) is 9.57. The van der Waals surface area contributed by atoms with E-state index in [2.05, 4.69) is 19.7 Å². The van der Waals surface area contributed by atoms with Gasteiger partial charge >= 0.3 is 25.7 Å². The van der Waals surface area contributed by atoms with Crippen LogP contribution in [0.25, 0.3) is 0 Å². The van der Waals surface area contributed by atoms with Crippen LogP contribution in [0.3, 0.4) is 0 Å². The highest BCUT2D eigenvalue weighted by Crippen LogP contribution is 2.52. The fourth-order valence-corrected chi connectivity index (χ4v) is 6.11. The summed E-state index contributed by atoms with van der Waals surface area (Å²) in [4.78, 5) is 36.1. The molecule has 0 aliphatic rings. The number of hydrogen-bond donors (Lipinski definition) is 0. The number of methoxy groups -OCH3 is 3. The first-order valence-electron chi connectivity index (χ1n) is 17.7. The van der Waals surface area contributed by atoms with Crippen molar-refractivity contribution >= 4 is 25.7 Å². The van der Waals surface area contributed by atoms with Crippen molar-refractivity contribution < 1.29 is 60.9 Å². The van der Waals surface area contributed by atoms with Crippen LogP contribution in [0.1, 0.15) is 54.2 Å². The minimum Gasteiger partial charge on any atom is -0.497 e. The molecule has 3 aromatic rings. The van der Waals surface area contributed by atoms with Crippen LogP contribution in [-0.4, -0.2) is 59.1 Å².